The van der Waals surface area contributed by atoms with Crippen LogP contribution in [0.5, 0.6) is 0 Å². The number of hydrogen-bond acceptors (Lipinski definition) is 2. The Morgan fingerprint density at radius 3 is 3.06 bits per heavy atom. The Hall–Kier alpha value is -0.930. The molecule has 1 saturated heterocycles. The predicted molar refractivity (Wildman–Crippen MR) is 69.1 cm³/mol. The fourth-order valence-corrected chi connectivity index (χ4v) is 4.69. The third-order valence-corrected chi connectivity index (χ3v) is 5.62. The second-order valence-electron chi connectivity index (χ2n) is 5.55. The molecule has 2 unspecified atom stereocenters. The van der Waals surface area contributed by atoms with Crippen LogP contribution in [0.4, 0.5) is 4.39 Å². The molecule has 2 aromatic rings. The number of likely N-dealkylation sites (N-methyl/N-ethyl adjacent to an activating group) is 1. The SMILES string of the molecule is CN1CC2CC2(c2cc3cc(F)ccc3s2)C1. The average molecular weight is 247 g/mol. The highest BCUT2D eigenvalue weighted by atomic mass is 32.1. The van der Waals surface area contributed by atoms with Crippen molar-refractivity contribution in [2.75, 3.05) is 20.1 Å². The molecule has 1 aromatic heterocycles. The Kier molecular flexibility index (Phi) is 1.82. The minimum atomic E-state index is -0.129. The Labute approximate surface area is 104 Å². The second kappa shape index (κ2) is 3.09. The van der Waals surface area contributed by atoms with E-state index >= 15 is 0 Å². The lowest BCUT2D eigenvalue weighted by atomic mass is 10.0. The molecule has 0 radical (unpaired) electrons. The maximum Gasteiger partial charge on any atom is 0.123 e. The van der Waals surface area contributed by atoms with Crippen LogP contribution >= 0.6 is 11.3 Å². The van der Waals surface area contributed by atoms with E-state index in [2.05, 4.69) is 18.0 Å². The zero-order chi connectivity index (χ0) is 11.6. The Bertz CT molecular complexity index is 605. The Balaban J connectivity index is 1.82. The van der Waals surface area contributed by atoms with Crippen LogP contribution in [0.25, 0.3) is 10.1 Å². The first-order valence-electron chi connectivity index (χ1n) is 6.05. The molecule has 2 fully saturated rings. The van der Waals surface area contributed by atoms with Crippen molar-refractivity contribution in [3.05, 3.63) is 35.0 Å². The van der Waals surface area contributed by atoms with Crippen LogP contribution in [0.2, 0.25) is 0 Å². The van der Waals surface area contributed by atoms with Crippen molar-refractivity contribution in [1.29, 1.82) is 0 Å². The molecule has 0 spiro atoms. The van der Waals surface area contributed by atoms with Gasteiger partial charge < -0.3 is 4.90 Å². The van der Waals surface area contributed by atoms with E-state index in [0.29, 0.717) is 5.41 Å². The molecule has 0 bridgehead atoms. The van der Waals surface area contributed by atoms with Gasteiger partial charge >= 0.3 is 0 Å². The minimum absolute atomic E-state index is 0.129. The lowest BCUT2D eigenvalue weighted by molar-refractivity contribution is 0.364. The van der Waals surface area contributed by atoms with E-state index in [1.807, 2.05) is 17.4 Å². The van der Waals surface area contributed by atoms with Crippen molar-refractivity contribution in [1.82, 2.24) is 4.90 Å². The molecule has 1 aliphatic carbocycles. The summed E-state index contributed by atoms with van der Waals surface area (Å²) in [5, 5.41) is 1.07. The first-order chi connectivity index (χ1) is 8.17. The van der Waals surface area contributed by atoms with Crippen LogP contribution in [0, 0.1) is 11.7 Å². The summed E-state index contributed by atoms with van der Waals surface area (Å²) < 4.78 is 14.4. The van der Waals surface area contributed by atoms with E-state index in [0.717, 1.165) is 11.3 Å². The number of benzene rings is 1. The van der Waals surface area contributed by atoms with Gasteiger partial charge in [0, 0.05) is 28.1 Å². The number of hydrogen-bond donors (Lipinski definition) is 0. The van der Waals surface area contributed by atoms with Gasteiger partial charge in [-0.1, -0.05) is 0 Å². The lowest BCUT2D eigenvalue weighted by Gasteiger charge is -2.14. The van der Waals surface area contributed by atoms with E-state index in [9.17, 15) is 4.39 Å². The molecule has 1 nitrogen and oxygen atoms in total. The van der Waals surface area contributed by atoms with Crippen LogP contribution in [-0.4, -0.2) is 25.0 Å². The molecule has 88 valence electrons. The number of halogens is 1. The number of thiophene rings is 1. The van der Waals surface area contributed by atoms with Crippen LogP contribution in [0.1, 0.15) is 11.3 Å². The molecule has 0 N–H and O–H groups in total. The summed E-state index contributed by atoms with van der Waals surface area (Å²) in [7, 11) is 2.20. The number of nitrogens with zero attached hydrogens (tertiary/aromatic N) is 1. The van der Waals surface area contributed by atoms with Crippen molar-refractivity contribution >= 4 is 21.4 Å². The molecule has 2 heterocycles. The van der Waals surface area contributed by atoms with E-state index in [1.54, 1.807) is 12.1 Å². The number of likely N-dealkylation sites (tertiary alicyclic amines) is 1. The van der Waals surface area contributed by atoms with Crippen LogP contribution in [0.3, 0.4) is 0 Å². The van der Waals surface area contributed by atoms with Gasteiger partial charge in [0.15, 0.2) is 0 Å². The molecule has 2 aliphatic rings. The van der Waals surface area contributed by atoms with Crippen LogP contribution < -0.4 is 0 Å². The lowest BCUT2D eigenvalue weighted by Crippen LogP contribution is -2.21. The maximum absolute atomic E-state index is 13.2. The van der Waals surface area contributed by atoms with Gasteiger partial charge in [-0.3, -0.25) is 0 Å². The second-order valence-corrected chi connectivity index (χ2v) is 6.63. The fourth-order valence-electron chi connectivity index (χ4n) is 3.38. The minimum Gasteiger partial charge on any atom is -0.305 e. The zero-order valence-corrected chi connectivity index (χ0v) is 10.6. The molecular formula is C14H14FNS. The molecule has 3 heteroatoms. The van der Waals surface area contributed by atoms with Gasteiger partial charge in [0.25, 0.3) is 0 Å². The van der Waals surface area contributed by atoms with Crippen molar-refractivity contribution < 1.29 is 4.39 Å². The Morgan fingerprint density at radius 2 is 2.29 bits per heavy atom. The maximum atomic E-state index is 13.2. The summed E-state index contributed by atoms with van der Waals surface area (Å²) in [4.78, 5) is 3.88. The van der Waals surface area contributed by atoms with Gasteiger partial charge in [-0.25, -0.2) is 4.39 Å². The van der Waals surface area contributed by atoms with Gasteiger partial charge in [-0.05, 0) is 49.0 Å². The largest absolute Gasteiger partial charge is 0.305 e. The molecular weight excluding hydrogens is 233 g/mol. The van der Waals surface area contributed by atoms with Crippen molar-refractivity contribution in [2.24, 2.45) is 5.92 Å². The number of rotatable bonds is 1. The molecule has 1 saturated carbocycles. The average Bonchev–Trinajstić information content (AvgIpc) is 2.70. The van der Waals surface area contributed by atoms with Crippen molar-refractivity contribution in [2.45, 2.75) is 11.8 Å². The molecule has 1 aliphatic heterocycles. The van der Waals surface area contributed by atoms with Gasteiger partial charge in [0.1, 0.15) is 5.82 Å². The molecule has 17 heavy (non-hydrogen) atoms. The Morgan fingerprint density at radius 1 is 1.41 bits per heavy atom. The van der Waals surface area contributed by atoms with E-state index < -0.39 is 0 Å². The highest BCUT2D eigenvalue weighted by Crippen LogP contribution is 2.60. The predicted octanol–water partition coefficient (Wildman–Crippen LogP) is 3.24. The summed E-state index contributed by atoms with van der Waals surface area (Å²) in [6.07, 6.45) is 1.33. The van der Waals surface area contributed by atoms with Gasteiger partial charge in [0.05, 0.1) is 0 Å². The van der Waals surface area contributed by atoms with Gasteiger partial charge in [0.2, 0.25) is 0 Å². The monoisotopic (exact) mass is 247 g/mol. The topological polar surface area (TPSA) is 3.24 Å². The quantitative estimate of drug-likeness (QED) is 0.747. The van der Waals surface area contributed by atoms with Crippen LogP contribution in [0.15, 0.2) is 24.3 Å². The standard InChI is InChI=1S/C14H14FNS/c1-16-7-10-6-14(10,8-16)13-5-9-4-11(15)2-3-12(9)17-13/h2-5,10H,6-8H2,1H3. The number of piperidine rings is 1. The molecule has 2 atom stereocenters. The third kappa shape index (κ3) is 1.33. The first-order valence-corrected chi connectivity index (χ1v) is 6.87. The normalized spacial score (nSPS) is 32.0. The van der Waals surface area contributed by atoms with E-state index in [-0.39, 0.29) is 5.82 Å². The summed E-state index contributed by atoms with van der Waals surface area (Å²) in [5.74, 6) is 0.709. The van der Waals surface area contributed by atoms with E-state index in [1.165, 1.54) is 29.1 Å². The summed E-state index contributed by atoms with van der Waals surface area (Å²) in [6, 6.07) is 7.33. The molecule has 4 rings (SSSR count). The summed E-state index contributed by atoms with van der Waals surface area (Å²) in [5.41, 5.74) is 0.412. The number of fused-ring (bicyclic) bond motifs is 2. The third-order valence-electron chi connectivity index (χ3n) is 4.29. The summed E-state index contributed by atoms with van der Waals surface area (Å²) >= 11 is 1.85. The smallest absolute Gasteiger partial charge is 0.123 e. The highest BCUT2D eigenvalue weighted by molar-refractivity contribution is 7.19. The molecule has 1 aromatic carbocycles. The van der Waals surface area contributed by atoms with Crippen LogP contribution in [-0.2, 0) is 5.41 Å². The summed E-state index contributed by atoms with van der Waals surface area (Å²) in [6.45, 7) is 2.40. The van der Waals surface area contributed by atoms with E-state index in [4.69, 9.17) is 0 Å². The van der Waals surface area contributed by atoms with Crippen molar-refractivity contribution in [3.8, 4) is 0 Å². The first kappa shape index (κ1) is 10.0. The van der Waals surface area contributed by atoms with Crippen molar-refractivity contribution in [3.63, 3.8) is 0 Å². The molecule has 0 amide bonds. The van der Waals surface area contributed by atoms with Gasteiger partial charge in [-0.2, -0.15) is 0 Å². The zero-order valence-electron chi connectivity index (χ0n) is 9.74. The highest BCUT2D eigenvalue weighted by Gasteiger charge is 2.60. The fraction of sp³-hybridized carbons (Fsp3) is 0.429. The van der Waals surface area contributed by atoms with Gasteiger partial charge in [-0.15, -0.1) is 11.3 Å².